The number of nitrogens with one attached hydrogen (secondary N) is 1. The largest absolute Gasteiger partial charge is 0.491 e. The molecule has 0 atom stereocenters. The van der Waals surface area contributed by atoms with Crippen molar-refractivity contribution < 1.29 is 4.74 Å². The molecule has 1 aromatic carbocycles. The summed E-state index contributed by atoms with van der Waals surface area (Å²) in [5.74, 6) is 1.65. The molecule has 6 heteroatoms. The van der Waals surface area contributed by atoms with Gasteiger partial charge in [-0.2, -0.15) is 0 Å². The summed E-state index contributed by atoms with van der Waals surface area (Å²) >= 11 is 9.45. The smallest absolute Gasteiger partial charge is 0.144 e. The molecule has 2 rings (SSSR count). The second kappa shape index (κ2) is 7.61. The molecule has 1 N–H and O–H groups in total. The molecule has 0 radical (unpaired) electrons. The normalized spacial score (nSPS) is 10.5. The van der Waals surface area contributed by atoms with Crippen LogP contribution in [0, 0.1) is 6.92 Å². The molecule has 0 saturated heterocycles. The van der Waals surface area contributed by atoms with Crippen LogP contribution in [-0.2, 0) is 6.42 Å². The Labute approximate surface area is 138 Å². The molecule has 0 saturated carbocycles. The van der Waals surface area contributed by atoms with Gasteiger partial charge in [-0.1, -0.05) is 18.5 Å². The van der Waals surface area contributed by atoms with Crippen molar-refractivity contribution in [3.05, 3.63) is 45.3 Å². The Morgan fingerprint density at radius 3 is 2.90 bits per heavy atom. The van der Waals surface area contributed by atoms with E-state index in [1.54, 1.807) is 0 Å². The van der Waals surface area contributed by atoms with Crippen molar-refractivity contribution in [2.24, 2.45) is 0 Å². The van der Waals surface area contributed by atoms with Crippen LogP contribution in [0.2, 0.25) is 5.02 Å². The predicted octanol–water partition coefficient (Wildman–Crippen LogP) is 4.25. The third kappa shape index (κ3) is 4.32. The minimum Gasteiger partial charge on any atom is -0.491 e. The number of rotatable bonds is 6. The van der Waals surface area contributed by atoms with Crippen molar-refractivity contribution in [3.8, 4) is 5.75 Å². The van der Waals surface area contributed by atoms with E-state index in [1.807, 2.05) is 25.1 Å². The van der Waals surface area contributed by atoms with Crippen molar-refractivity contribution in [1.82, 2.24) is 9.97 Å². The van der Waals surface area contributed by atoms with E-state index in [0.29, 0.717) is 13.2 Å². The maximum Gasteiger partial charge on any atom is 0.144 e. The molecule has 4 nitrogen and oxygen atoms in total. The first kappa shape index (κ1) is 16.0. The SMILES string of the molecule is CCc1cc(Cl)ccc1OCCNc1ncnc(C)c1Br. The van der Waals surface area contributed by atoms with Crippen LogP contribution >= 0.6 is 27.5 Å². The molecule has 0 fully saturated rings. The van der Waals surface area contributed by atoms with Crippen LogP contribution < -0.4 is 10.1 Å². The molecule has 0 aliphatic heterocycles. The summed E-state index contributed by atoms with van der Waals surface area (Å²) in [6.07, 6.45) is 2.43. The Kier molecular flexibility index (Phi) is 5.82. The molecule has 0 aliphatic rings. The fourth-order valence-electron chi connectivity index (χ4n) is 1.88. The molecular formula is C15H17BrClN3O. The van der Waals surface area contributed by atoms with Gasteiger partial charge in [0, 0.05) is 5.02 Å². The molecule has 21 heavy (non-hydrogen) atoms. The highest BCUT2D eigenvalue weighted by Gasteiger charge is 2.05. The minimum atomic E-state index is 0.546. The maximum atomic E-state index is 5.98. The lowest BCUT2D eigenvalue weighted by atomic mass is 10.1. The first-order valence-corrected chi connectivity index (χ1v) is 7.91. The number of aromatic nitrogens is 2. The first-order valence-electron chi connectivity index (χ1n) is 6.74. The summed E-state index contributed by atoms with van der Waals surface area (Å²) in [6, 6.07) is 5.69. The fourth-order valence-corrected chi connectivity index (χ4v) is 2.42. The average molecular weight is 371 g/mol. The van der Waals surface area contributed by atoms with E-state index in [9.17, 15) is 0 Å². The van der Waals surface area contributed by atoms with Gasteiger partial charge in [-0.05, 0) is 53.0 Å². The Balaban J connectivity index is 1.89. The van der Waals surface area contributed by atoms with Crippen LogP contribution in [0.1, 0.15) is 18.2 Å². The highest BCUT2D eigenvalue weighted by atomic mass is 79.9. The molecule has 0 bridgehead atoms. The van der Waals surface area contributed by atoms with Crippen LogP contribution in [0.25, 0.3) is 0 Å². The monoisotopic (exact) mass is 369 g/mol. The van der Waals surface area contributed by atoms with Gasteiger partial charge in [0.25, 0.3) is 0 Å². The van der Waals surface area contributed by atoms with E-state index >= 15 is 0 Å². The van der Waals surface area contributed by atoms with Crippen LogP contribution in [-0.4, -0.2) is 23.1 Å². The van der Waals surface area contributed by atoms with E-state index < -0.39 is 0 Å². The summed E-state index contributed by atoms with van der Waals surface area (Å²) in [5, 5.41) is 3.96. The zero-order valence-corrected chi connectivity index (χ0v) is 14.3. The van der Waals surface area contributed by atoms with Crippen molar-refractivity contribution in [1.29, 1.82) is 0 Å². The second-order valence-corrected chi connectivity index (χ2v) is 5.73. The Hall–Kier alpha value is -1.33. The lowest BCUT2D eigenvalue weighted by Gasteiger charge is -2.12. The summed E-state index contributed by atoms with van der Waals surface area (Å²) in [7, 11) is 0. The average Bonchev–Trinajstić information content (AvgIpc) is 2.48. The van der Waals surface area contributed by atoms with Gasteiger partial charge in [-0.25, -0.2) is 9.97 Å². The molecular weight excluding hydrogens is 354 g/mol. The molecule has 2 aromatic rings. The minimum absolute atomic E-state index is 0.546. The van der Waals surface area contributed by atoms with Gasteiger partial charge in [0.05, 0.1) is 16.7 Å². The molecule has 112 valence electrons. The number of benzene rings is 1. The molecule has 1 heterocycles. The Bertz CT molecular complexity index is 622. The van der Waals surface area contributed by atoms with Crippen LogP contribution in [0.15, 0.2) is 29.0 Å². The summed E-state index contributed by atoms with van der Waals surface area (Å²) < 4.78 is 6.68. The fraction of sp³-hybridized carbons (Fsp3) is 0.333. The van der Waals surface area contributed by atoms with E-state index in [4.69, 9.17) is 16.3 Å². The van der Waals surface area contributed by atoms with Gasteiger partial charge < -0.3 is 10.1 Å². The number of ether oxygens (including phenoxy) is 1. The van der Waals surface area contributed by atoms with E-state index in [2.05, 4.69) is 38.1 Å². The van der Waals surface area contributed by atoms with Crippen LogP contribution in [0.3, 0.4) is 0 Å². The van der Waals surface area contributed by atoms with Crippen molar-refractivity contribution in [2.75, 3.05) is 18.5 Å². The first-order chi connectivity index (χ1) is 10.1. The lowest BCUT2D eigenvalue weighted by molar-refractivity contribution is 0.329. The number of hydrogen-bond acceptors (Lipinski definition) is 4. The van der Waals surface area contributed by atoms with Gasteiger partial charge in [-0.3, -0.25) is 0 Å². The number of nitrogens with zero attached hydrogens (tertiary/aromatic N) is 2. The van der Waals surface area contributed by atoms with Gasteiger partial charge in [0.2, 0.25) is 0 Å². The number of aryl methyl sites for hydroxylation is 2. The summed E-state index contributed by atoms with van der Waals surface area (Å²) in [5.41, 5.74) is 2.01. The zero-order valence-electron chi connectivity index (χ0n) is 12.0. The predicted molar refractivity (Wildman–Crippen MR) is 89.3 cm³/mol. The van der Waals surface area contributed by atoms with Gasteiger partial charge >= 0.3 is 0 Å². The molecule has 0 aliphatic carbocycles. The number of halogens is 2. The highest BCUT2D eigenvalue weighted by molar-refractivity contribution is 9.10. The van der Waals surface area contributed by atoms with Gasteiger partial charge in [0.1, 0.15) is 24.5 Å². The third-order valence-electron chi connectivity index (χ3n) is 3.02. The third-order valence-corrected chi connectivity index (χ3v) is 4.20. The summed E-state index contributed by atoms with van der Waals surface area (Å²) in [4.78, 5) is 8.29. The van der Waals surface area contributed by atoms with Crippen LogP contribution in [0.4, 0.5) is 5.82 Å². The van der Waals surface area contributed by atoms with E-state index in [0.717, 1.165) is 38.7 Å². The highest BCUT2D eigenvalue weighted by Crippen LogP contribution is 2.24. The maximum absolute atomic E-state index is 5.98. The topological polar surface area (TPSA) is 47.0 Å². The zero-order chi connectivity index (χ0) is 15.2. The van der Waals surface area contributed by atoms with Gasteiger partial charge in [-0.15, -0.1) is 0 Å². The van der Waals surface area contributed by atoms with Crippen LogP contribution in [0.5, 0.6) is 5.75 Å². The quantitative estimate of drug-likeness (QED) is 0.772. The lowest BCUT2D eigenvalue weighted by Crippen LogP contribution is -2.13. The second-order valence-electron chi connectivity index (χ2n) is 4.50. The van der Waals surface area contributed by atoms with Crippen molar-refractivity contribution in [2.45, 2.75) is 20.3 Å². The standard InChI is InChI=1S/C15H17BrClN3O/c1-3-11-8-12(17)4-5-13(11)21-7-6-18-15-14(16)10(2)19-9-20-15/h4-5,8-9H,3,6-7H2,1-2H3,(H,18,19,20). The summed E-state index contributed by atoms with van der Waals surface area (Å²) in [6.45, 7) is 5.21. The van der Waals surface area contributed by atoms with Crippen molar-refractivity contribution in [3.63, 3.8) is 0 Å². The molecule has 0 amide bonds. The van der Waals surface area contributed by atoms with E-state index in [-0.39, 0.29) is 0 Å². The number of hydrogen-bond donors (Lipinski definition) is 1. The Morgan fingerprint density at radius 1 is 1.33 bits per heavy atom. The van der Waals surface area contributed by atoms with Gasteiger partial charge in [0.15, 0.2) is 0 Å². The molecule has 1 aromatic heterocycles. The van der Waals surface area contributed by atoms with E-state index in [1.165, 1.54) is 6.33 Å². The molecule has 0 spiro atoms. The van der Waals surface area contributed by atoms with Crippen molar-refractivity contribution >= 4 is 33.3 Å². The number of anilines is 1. The Morgan fingerprint density at radius 2 is 2.14 bits per heavy atom. The molecule has 0 unspecified atom stereocenters.